The standard InChI is InChI=1S/C19H24ClFN4O/c1-2-6-13-11-16(24-23-13)19(26)22-12-17(25-9-3-4-10-25)18-14(20)7-5-8-15(18)21/h5,7-8,11,17H,2-4,6,9-10,12H2,1H3,(H,22,26)(H,23,24). The maximum Gasteiger partial charge on any atom is 0.271 e. The summed E-state index contributed by atoms with van der Waals surface area (Å²) in [5, 5.41) is 10.2. The molecule has 1 unspecified atom stereocenters. The number of likely N-dealkylation sites (tertiary alicyclic amines) is 1. The second-order valence-corrected chi connectivity index (χ2v) is 7.04. The summed E-state index contributed by atoms with van der Waals surface area (Å²) >= 11 is 6.28. The molecule has 1 aliphatic heterocycles. The third-order valence-electron chi connectivity index (χ3n) is 4.75. The van der Waals surface area contributed by atoms with E-state index in [9.17, 15) is 9.18 Å². The molecular weight excluding hydrogens is 355 g/mol. The molecule has 1 fully saturated rings. The molecule has 26 heavy (non-hydrogen) atoms. The van der Waals surface area contributed by atoms with Crippen LogP contribution in [0.1, 0.15) is 54.0 Å². The lowest BCUT2D eigenvalue weighted by Gasteiger charge is -2.29. The molecule has 0 aliphatic carbocycles. The molecule has 1 aromatic heterocycles. The van der Waals surface area contributed by atoms with Gasteiger partial charge in [-0.25, -0.2) is 4.39 Å². The van der Waals surface area contributed by atoms with Crippen LogP contribution in [0.25, 0.3) is 0 Å². The van der Waals surface area contributed by atoms with Crippen molar-refractivity contribution < 1.29 is 9.18 Å². The van der Waals surface area contributed by atoms with Gasteiger partial charge in [-0.05, 0) is 50.6 Å². The predicted molar refractivity (Wildman–Crippen MR) is 99.9 cm³/mol. The lowest BCUT2D eigenvalue weighted by Crippen LogP contribution is -2.37. The Balaban J connectivity index is 1.74. The highest BCUT2D eigenvalue weighted by molar-refractivity contribution is 6.31. The molecule has 2 N–H and O–H groups in total. The first-order chi connectivity index (χ1) is 12.6. The Labute approximate surface area is 157 Å². The van der Waals surface area contributed by atoms with Crippen molar-refractivity contribution in [2.75, 3.05) is 19.6 Å². The van der Waals surface area contributed by atoms with Gasteiger partial charge >= 0.3 is 0 Å². The van der Waals surface area contributed by atoms with Crippen LogP contribution < -0.4 is 5.32 Å². The maximum atomic E-state index is 14.4. The minimum atomic E-state index is -0.339. The predicted octanol–water partition coefficient (Wildman–Crippen LogP) is 3.72. The number of H-pyrrole nitrogens is 1. The van der Waals surface area contributed by atoms with Crippen LogP contribution in [0.4, 0.5) is 4.39 Å². The van der Waals surface area contributed by atoms with E-state index in [0.717, 1.165) is 44.5 Å². The van der Waals surface area contributed by atoms with E-state index in [2.05, 4.69) is 27.3 Å². The van der Waals surface area contributed by atoms with Gasteiger partial charge in [0.2, 0.25) is 0 Å². The molecule has 7 heteroatoms. The van der Waals surface area contributed by atoms with Gasteiger partial charge in [0, 0.05) is 22.8 Å². The van der Waals surface area contributed by atoms with Crippen LogP contribution >= 0.6 is 11.6 Å². The van der Waals surface area contributed by atoms with Gasteiger partial charge in [-0.15, -0.1) is 0 Å². The zero-order valence-corrected chi connectivity index (χ0v) is 15.7. The van der Waals surface area contributed by atoms with E-state index in [0.29, 0.717) is 16.3 Å². The molecule has 5 nitrogen and oxygen atoms in total. The van der Waals surface area contributed by atoms with Gasteiger partial charge in [0.1, 0.15) is 11.5 Å². The summed E-state index contributed by atoms with van der Waals surface area (Å²) in [6.45, 7) is 4.09. The summed E-state index contributed by atoms with van der Waals surface area (Å²) in [4.78, 5) is 14.6. The molecule has 2 heterocycles. The minimum absolute atomic E-state index is 0.264. The Morgan fingerprint density at radius 1 is 1.42 bits per heavy atom. The van der Waals surface area contributed by atoms with E-state index >= 15 is 0 Å². The summed E-state index contributed by atoms with van der Waals surface area (Å²) in [6, 6.07) is 6.18. The number of carbonyl (C=O) groups excluding carboxylic acids is 1. The Hall–Kier alpha value is -1.92. The number of rotatable bonds is 7. The number of aromatic amines is 1. The Bertz CT molecular complexity index is 737. The van der Waals surface area contributed by atoms with Crippen LogP contribution in [-0.4, -0.2) is 40.6 Å². The maximum absolute atomic E-state index is 14.4. The largest absolute Gasteiger partial charge is 0.349 e. The summed E-state index contributed by atoms with van der Waals surface area (Å²) < 4.78 is 14.4. The number of hydrogen-bond acceptors (Lipinski definition) is 3. The number of hydrogen-bond donors (Lipinski definition) is 2. The second kappa shape index (κ2) is 8.64. The third-order valence-corrected chi connectivity index (χ3v) is 5.08. The highest BCUT2D eigenvalue weighted by Gasteiger charge is 2.28. The van der Waals surface area contributed by atoms with Gasteiger partial charge in [-0.1, -0.05) is 31.0 Å². The number of carbonyl (C=O) groups is 1. The van der Waals surface area contributed by atoms with Gasteiger partial charge in [0.25, 0.3) is 5.91 Å². The first-order valence-electron chi connectivity index (χ1n) is 9.10. The summed E-state index contributed by atoms with van der Waals surface area (Å²) in [6.07, 6.45) is 3.96. The first kappa shape index (κ1) is 18.9. The molecule has 0 spiro atoms. The monoisotopic (exact) mass is 378 g/mol. The number of benzene rings is 1. The van der Waals surface area contributed by atoms with E-state index in [1.165, 1.54) is 6.07 Å². The third kappa shape index (κ3) is 4.24. The molecule has 1 amide bonds. The fourth-order valence-electron chi connectivity index (χ4n) is 3.45. The van der Waals surface area contributed by atoms with Crippen LogP contribution in [-0.2, 0) is 6.42 Å². The quantitative estimate of drug-likeness (QED) is 0.771. The zero-order valence-electron chi connectivity index (χ0n) is 14.9. The lowest BCUT2D eigenvalue weighted by atomic mass is 10.0. The highest BCUT2D eigenvalue weighted by Crippen LogP contribution is 2.32. The van der Waals surface area contributed by atoms with E-state index in [1.807, 2.05) is 0 Å². The molecule has 1 atom stereocenters. The molecule has 0 saturated carbocycles. The molecule has 140 valence electrons. The number of nitrogens with zero attached hydrogens (tertiary/aromatic N) is 2. The topological polar surface area (TPSA) is 61.0 Å². The number of aromatic nitrogens is 2. The van der Waals surface area contributed by atoms with Crippen LogP contribution in [0.3, 0.4) is 0 Å². The molecular formula is C19H24ClFN4O. The highest BCUT2D eigenvalue weighted by atomic mass is 35.5. The van der Waals surface area contributed by atoms with Gasteiger partial charge < -0.3 is 5.32 Å². The Morgan fingerprint density at radius 2 is 2.19 bits per heavy atom. The van der Waals surface area contributed by atoms with E-state index in [-0.39, 0.29) is 24.3 Å². The Morgan fingerprint density at radius 3 is 2.88 bits per heavy atom. The van der Waals surface area contributed by atoms with Gasteiger partial charge in [-0.3, -0.25) is 14.8 Å². The van der Waals surface area contributed by atoms with Crippen molar-refractivity contribution in [2.24, 2.45) is 0 Å². The minimum Gasteiger partial charge on any atom is -0.349 e. The van der Waals surface area contributed by atoms with Crippen molar-refractivity contribution in [3.8, 4) is 0 Å². The Kier molecular flexibility index (Phi) is 6.27. The molecule has 0 bridgehead atoms. The summed E-state index contributed by atoms with van der Waals surface area (Å²) in [7, 11) is 0. The normalized spacial score (nSPS) is 16.0. The van der Waals surface area contributed by atoms with Crippen molar-refractivity contribution in [1.29, 1.82) is 0 Å². The fraction of sp³-hybridized carbons (Fsp3) is 0.474. The van der Waals surface area contributed by atoms with Crippen molar-refractivity contribution in [3.63, 3.8) is 0 Å². The molecule has 1 aromatic carbocycles. The summed E-state index contributed by atoms with van der Waals surface area (Å²) in [5.41, 5.74) is 1.74. The molecule has 1 saturated heterocycles. The van der Waals surface area contributed by atoms with Gasteiger partial charge in [0.05, 0.1) is 6.04 Å². The number of amides is 1. The van der Waals surface area contributed by atoms with Crippen LogP contribution in [0.5, 0.6) is 0 Å². The van der Waals surface area contributed by atoms with Crippen LogP contribution in [0.15, 0.2) is 24.3 Å². The number of halogens is 2. The average molecular weight is 379 g/mol. The fourth-order valence-corrected chi connectivity index (χ4v) is 3.74. The molecule has 1 aliphatic rings. The SMILES string of the molecule is CCCc1cc(C(=O)NCC(c2c(F)cccc2Cl)N2CCCC2)n[nH]1. The van der Waals surface area contributed by atoms with Crippen molar-refractivity contribution >= 4 is 17.5 Å². The van der Waals surface area contributed by atoms with E-state index < -0.39 is 0 Å². The van der Waals surface area contributed by atoms with Crippen molar-refractivity contribution in [3.05, 3.63) is 52.1 Å². The first-order valence-corrected chi connectivity index (χ1v) is 9.48. The van der Waals surface area contributed by atoms with Gasteiger partial charge in [-0.2, -0.15) is 5.10 Å². The number of nitrogens with one attached hydrogen (secondary N) is 2. The molecule has 3 rings (SSSR count). The summed E-state index contributed by atoms with van der Waals surface area (Å²) in [5.74, 6) is -0.603. The lowest BCUT2D eigenvalue weighted by molar-refractivity contribution is 0.0932. The van der Waals surface area contributed by atoms with Crippen LogP contribution in [0, 0.1) is 5.82 Å². The van der Waals surface area contributed by atoms with Crippen molar-refractivity contribution in [2.45, 2.75) is 38.6 Å². The van der Waals surface area contributed by atoms with Gasteiger partial charge in [0.15, 0.2) is 0 Å². The van der Waals surface area contributed by atoms with Crippen molar-refractivity contribution in [1.82, 2.24) is 20.4 Å². The average Bonchev–Trinajstić information content (AvgIpc) is 3.29. The smallest absolute Gasteiger partial charge is 0.271 e. The molecule has 0 radical (unpaired) electrons. The van der Waals surface area contributed by atoms with E-state index in [4.69, 9.17) is 11.6 Å². The number of aryl methyl sites for hydroxylation is 1. The molecule has 2 aromatic rings. The second-order valence-electron chi connectivity index (χ2n) is 6.63. The zero-order chi connectivity index (χ0) is 18.5. The van der Waals surface area contributed by atoms with E-state index in [1.54, 1.807) is 18.2 Å². The van der Waals surface area contributed by atoms with Crippen LogP contribution in [0.2, 0.25) is 5.02 Å².